The fourth-order valence-electron chi connectivity index (χ4n) is 2.72. The fraction of sp³-hybridized carbons (Fsp3) is 0.600. The number of aryl methyl sites for hydroxylation is 1. The number of thiophene rings is 1. The molecule has 1 aromatic rings. The summed E-state index contributed by atoms with van der Waals surface area (Å²) in [7, 11) is 0. The number of amides is 1. The maximum absolute atomic E-state index is 12.3. The summed E-state index contributed by atoms with van der Waals surface area (Å²) in [6.07, 6.45) is 4.79. The Morgan fingerprint density at radius 2 is 2.26 bits per heavy atom. The SMILES string of the molecule is CCC1CCC(C#N)(NC(=O)c2sccc2C)CC1. The van der Waals surface area contributed by atoms with E-state index in [0.717, 1.165) is 36.1 Å². The largest absolute Gasteiger partial charge is 0.333 e. The van der Waals surface area contributed by atoms with Crippen LogP contribution in [0, 0.1) is 24.2 Å². The van der Waals surface area contributed by atoms with Gasteiger partial charge >= 0.3 is 0 Å². The third kappa shape index (κ3) is 2.98. The van der Waals surface area contributed by atoms with Crippen molar-refractivity contribution in [3.8, 4) is 6.07 Å². The van der Waals surface area contributed by atoms with Crippen LogP contribution in [0.25, 0.3) is 0 Å². The summed E-state index contributed by atoms with van der Waals surface area (Å²) in [6, 6.07) is 4.28. The molecule has 0 radical (unpaired) electrons. The molecule has 1 amide bonds. The average Bonchev–Trinajstić information content (AvgIpc) is 2.86. The van der Waals surface area contributed by atoms with Crippen LogP contribution in [0.1, 0.15) is 54.3 Å². The second-order valence-corrected chi connectivity index (χ2v) is 6.35. The molecule has 0 bridgehead atoms. The quantitative estimate of drug-likeness (QED) is 0.916. The molecule has 0 saturated heterocycles. The lowest BCUT2D eigenvalue weighted by molar-refractivity contribution is 0.0895. The number of nitriles is 1. The van der Waals surface area contributed by atoms with Gasteiger partial charge in [0.05, 0.1) is 10.9 Å². The van der Waals surface area contributed by atoms with Gasteiger partial charge in [-0.05, 0) is 55.5 Å². The van der Waals surface area contributed by atoms with E-state index < -0.39 is 5.54 Å². The smallest absolute Gasteiger partial charge is 0.262 e. The molecule has 1 aromatic heterocycles. The summed E-state index contributed by atoms with van der Waals surface area (Å²) in [6.45, 7) is 4.12. The first kappa shape index (κ1) is 14.1. The minimum Gasteiger partial charge on any atom is -0.333 e. The number of carbonyl (C=O) groups excluding carboxylic acids is 1. The molecule has 4 heteroatoms. The van der Waals surface area contributed by atoms with Gasteiger partial charge in [-0.15, -0.1) is 11.3 Å². The molecule has 1 heterocycles. The van der Waals surface area contributed by atoms with Crippen molar-refractivity contribution in [2.45, 2.75) is 51.5 Å². The van der Waals surface area contributed by atoms with Gasteiger partial charge in [0, 0.05) is 0 Å². The minimum atomic E-state index is -0.654. The third-order valence-corrected chi connectivity index (χ3v) is 5.19. The molecule has 3 nitrogen and oxygen atoms in total. The van der Waals surface area contributed by atoms with Crippen molar-refractivity contribution in [2.24, 2.45) is 5.92 Å². The summed E-state index contributed by atoms with van der Waals surface area (Å²) >= 11 is 1.44. The van der Waals surface area contributed by atoms with Gasteiger partial charge in [0.2, 0.25) is 0 Å². The van der Waals surface area contributed by atoms with E-state index in [1.54, 1.807) is 0 Å². The van der Waals surface area contributed by atoms with Crippen LogP contribution in [0.4, 0.5) is 0 Å². The van der Waals surface area contributed by atoms with Crippen LogP contribution in [0.3, 0.4) is 0 Å². The van der Waals surface area contributed by atoms with Crippen LogP contribution in [0.15, 0.2) is 11.4 Å². The Morgan fingerprint density at radius 3 is 2.74 bits per heavy atom. The van der Waals surface area contributed by atoms with Crippen molar-refractivity contribution in [1.82, 2.24) is 5.32 Å². The van der Waals surface area contributed by atoms with E-state index in [1.807, 2.05) is 18.4 Å². The molecule has 1 saturated carbocycles. The third-order valence-electron chi connectivity index (χ3n) is 4.17. The highest BCUT2D eigenvalue weighted by Crippen LogP contribution is 2.33. The summed E-state index contributed by atoms with van der Waals surface area (Å²) in [5.41, 5.74) is 0.331. The van der Waals surface area contributed by atoms with E-state index in [0.29, 0.717) is 5.92 Å². The lowest BCUT2D eigenvalue weighted by Gasteiger charge is -2.35. The number of nitrogens with one attached hydrogen (secondary N) is 1. The monoisotopic (exact) mass is 276 g/mol. The molecule has 1 aliphatic carbocycles. The molecular formula is C15H20N2OS. The van der Waals surface area contributed by atoms with Crippen LogP contribution >= 0.6 is 11.3 Å². The zero-order valence-corrected chi connectivity index (χ0v) is 12.3. The normalized spacial score (nSPS) is 26.7. The van der Waals surface area contributed by atoms with Gasteiger partial charge in [0.15, 0.2) is 0 Å². The van der Waals surface area contributed by atoms with E-state index in [2.05, 4.69) is 18.3 Å². The van der Waals surface area contributed by atoms with Crippen LogP contribution in [0.2, 0.25) is 0 Å². The van der Waals surface area contributed by atoms with Crippen molar-refractivity contribution in [3.05, 3.63) is 21.9 Å². The van der Waals surface area contributed by atoms with Gasteiger partial charge in [-0.3, -0.25) is 4.79 Å². The minimum absolute atomic E-state index is 0.0935. The van der Waals surface area contributed by atoms with E-state index in [1.165, 1.54) is 17.8 Å². The molecule has 0 aliphatic heterocycles. The van der Waals surface area contributed by atoms with Crippen LogP contribution < -0.4 is 5.32 Å². The van der Waals surface area contributed by atoms with Crippen molar-refractivity contribution in [1.29, 1.82) is 5.26 Å². The zero-order chi connectivity index (χ0) is 13.9. The molecule has 1 N–H and O–H groups in total. The van der Waals surface area contributed by atoms with Gasteiger partial charge in [-0.2, -0.15) is 5.26 Å². The van der Waals surface area contributed by atoms with Crippen molar-refractivity contribution in [2.75, 3.05) is 0 Å². The summed E-state index contributed by atoms with van der Waals surface area (Å²) < 4.78 is 0. The van der Waals surface area contributed by atoms with Gasteiger partial charge in [-0.25, -0.2) is 0 Å². The average molecular weight is 276 g/mol. The maximum Gasteiger partial charge on any atom is 0.262 e. The second-order valence-electron chi connectivity index (χ2n) is 5.43. The van der Waals surface area contributed by atoms with Crippen LogP contribution in [0.5, 0.6) is 0 Å². The predicted octanol–water partition coefficient (Wildman–Crippen LogP) is 3.65. The Bertz CT molecular complexity index is 492. The Morgan fingerprint density at radius 1 is 1.58 bits per heavy atom. The molecule has 1 aliphatic rings. The zero-order valence-electron chi connectivity index (χ0n) is 11.5. The summed E-state index contributed by atoms with van der Waals surface area (Å²) in [5.74, 6) is 0.617. The van der Waals surface area contributed by atoms with Crippen molar-refractivity contribution in [3.63, 3.8) is 0 Å². The van der Waals surface area contributed by atoms with E-state index in [-0.39, 0.29) is 5.91 Å². The number of hydrogen-bond donors (Lipinski definition) is 1. The Labute approximate surface area is 118 Å². The lowest BCUT2D eigenvalue weighted by atomic mass is 9.76. The maximum atomic E-state index is 12.3. The molecule has 0 aromatic carbocycles. The Kier molecular flexibility index (Phi) is 4.26. The van der Waals surface area contributed by atoms with Gasteiger partial charge < -0.3 is 5.32 Å². The van der Waals surface area contributed by atoms with Crippen LogP contribution in [-0.4, -0.2) is 11.4 Å². The molecule has 1 fully saturated rings. The van der Waals surface area contributed by atoms with Crippen molar-refractivity contribution >= 4 is 17.2 Å². The number of rotatable bonds is 3. The van der Waals surface area contributed by atoms with E-state index in [4.69, 9.17) is 0 Å². The lowest BCUT2D eigenvalue weighted by Crippen LogP contribution is -2.49. The number of nitrogens with zero attached hydrogens (tertiary/aromatic N) is 1. The van der Waals surface area contributed by atoms with Crippen molar-refractivity contribution < 1.29 is 4.79 Å². The van der Waals surface area contributed by atoms with Crippen LogP contribution in [-0.2, 0) is 0 Å². The first-order chi connectivity index (χ1) is 9.10. The first-order valence-corrected chi connectivity index (χ1v) is 7.76. The Balaban J connectivity index is 2.06. The summed E-state index contributed by atoms with van der Waals surface area (Å²) in [5, 5.41) is 14.3. The number of hydrogen-bond acceptors (Lipinski definition) is 3. The molecule has 102 valence electrons. The summed E-state index contributed by atoms with van der Waals surface area (Å²) in [4.78, 5) is 13.0. The molecule has 0 atom stereocenters. The highest BCUT2D eigenvalue weighted by Gasteiger charge is 2.36. The van der Waals surface area contributed by atoms with Gasteiger partial charge in [0.25, 0.3) is 5.91 Å². The standard InChI is InChI=1S/C15H20N2OS/c1-3-12-4-7-15(10-16,8-5-12)17-14(18)13-11(2)6-9-19-13/h6,9,12H,3-5,7-8H2,1-2H3,(H,17,18). The molecule has 2 rings (SSSR count). The topological polar surface area (TPSA) is 52.9 Å². The van der Waals surface area contributed by atoms with Gasteiger partial charge in [-0.1, -0.05) is 13.3 Å². The van der Waals surface area contributed by atoms with Gasteiger partial charge in [0.1, 0.15) is 5.54 Å². The number of carbonyl (C=O) groups is 1. The van der Waals surface area contributed by atoms with E-state index in [9.17, 15) is 10.1 Å². The highest BCUT2D eigenvalue weighted by molar-refractivity contribution is 7.12. The first-order valence-electron chi connectivity index (χ1n) is 6.88. The second kappa shape index (κ2) is 5.75. The molecule has 0 spiro atoms. The highest BCUT2D eigenvalue weighted by atomic mass is 32.1. The molecule has 19 heavy (non-hydrogen) atoms. The Hall–Kier alpha value is -1.34. The molecule has 0 unspecified atom stereocenters. The molecular weight excluding hydrogens is 256 g/mol. The predicted molar refractivity (Wildman–Crippen MR) is 77.1 cm³/mol. The fourth-order valence-corrected chi connectivity index (χ4v) is 3.54. The van der Waals surface area contributed by atoms with E-state index >= 15 is 0 Å².